The van der Waals surface area contributed by atoms with Crippen molar-refractivity contribution in [2.24, 2.45) is 5.92 Å². The van der Waals surface area contributed by atoms with Crippen molar-refractivity contribution < 1.29 is 14.0 Å². The minimum atomic E-state index is -0.589. The van der Waals surface area contributed by atoms with Gasteiger partial charge in [-0.2, -0.15) is 0 Å². The molecule has 1 fully saturated rings. The minimum absolute atomic E-state index is 0.0414. The molecule has 5 nitrogen and oxygen atoms in total. The van der Waals surface area contributed by atoms with Crippen LogP contribution in [0.25, 0.3) is 0 Å². The molecule has 1 aromatic carbocycles. The molecule has 0 saturated carbocycles. The van der Waals surface area contributed by atoms with Crippen molar-refractivity contribution in [1.82, 2.24) is 10.2 Å². The molecule has 0 bridgehead atoms. The molecule has 0 radical (unpaired) electrons. The lowest BCUT2D eigenvalue weighted by Gasteiger charge is -2.38. The highest BCUT2D eigenvalue weighted by atomic mass is 19.1. The topological polar surface area (TPSA) is 61.4 Å². The summed E-state index contributed by atoms with van der Waals surface area (Å²) in [4.78, 5) is 26.1. The zero-order valence-electron chi connectivity index (χ0n) is 14.7. The molecule has 6 heteroatoms. The van der Waals surface area contributed by atoms with Gasteiger partial charge in [0.25, 0.3) is 5.91 Å². The molecule has 1 aliphatic rings. The van der Waals surface area contributed by atoms with Crippen molar-refractivity contribution in [1.29, 1.82) is 0 Å². The lowest BCUT2D eigenvalue weighted by Crippen LogP contribution is -2.57. The third kappa shape index (κ3) is 4.32. The van der Waals surface area contributed by atoms with Gasteiger partial charge in [-0.05, 0) is 38.0 Å². The van der Waals surface area contributed by atoms with E-state index in [1.54, 1.807) is 11.0 Å². The molecule has 2 unspecified atom stereocenters. The Morgan fingerprint density at radius 2 is 2.08 bits per heavy atom. The fourth-order valence-corrected chi connectivity index (χ4v) is 2.83. The second-order valence-corrected chi connectivity index (χ2v) is 6.82. The first-order chi connectivity index (χ1) is 11.3. The molecule has 0 aromatic heterocycles. The number of nitrogens with one attached hydrogen (secondary N) is 2. The zero-order chi connectivity index (χ0) is 17.9. The van der Waals surface area contributed by atoms with Crippen LogP contribution in [0.15, 0.2) is 18.2 Å². The molecule has 1 aliphatic heterocycles. The third-order valence-corrected chi connectivity index (χ3v) is 4.38. The Kier molecular flexibility index (Phi) is 5.94. The van der Waals surface area contributed by atoms with Crippen LogP contribution in [0.1, 0.15) is 44.5 Å². The van der Waals surface area contributed by atoms with Crippen LogP contribution < -0.4 is 10.6 Å². The minimum Gasteiger partial charge on any atom is -0.333 e. The van der Waals surface area contributed by atoms with Gasteiger partial charge in [-0.3, -0.25) is 9.59 Å². The SMILES string of the molecule is CC(C)CC(=O)Nc1ccc(C(=O)N2CCNC(C)C2C)cc1F. The molecular weight excluding hydrogens is 309 g/mol. The zero-order valence-corrected chi connectivity index (χ0v) is 14.7. The molecule has 1 heterocycles. The molecule has 2 rings (SSSR count). The summed E-state index contributed by atoms with van der Waals surface area (Å²) in [7, 11) is 0. The van der Waals surface area contributed by atoms with Gasteiger partial charge in [0, 0.05) is 37.2 Å². The number of piperazine rings is 1. The molecule has 1 aromatic rings. The lowest BCUT2D eigenvalue weighted by molar-refractivity contribution is -0.116. The van der Waals surface area contributed by atoms with Crippen LogP contribution in [-0.4, -0.2) is 41.9 Å². The van der Waals surface area contributed by atoms with Gasteiger partial charge in [-0.1, -0.05) is 13.8 Å². The van der Waals surface area contributed by atoms with Crippen molar-refractivity contribution in [3.63, 3.8) is 0 Å². The number of halogens is 1. The Morgan fingerprint density at radius 3 is 2.71 bits per heavy atom. The van der Waals surface area contributed by atoms with Gasteiger partial charge in [-0.25, -0.2) is 4.39 Å². The third-order valence-electron chi connectivity index (χ3n) is 4.38. The quantitative estimate of drug-likeness (QED) is 0.889. The number of amides is 2. The smallest absolute Gasteiger partial charge is 0.254 e. The van der Waals surface area contributed by atoms with E-state index < -0.39 is 5.82 Å². The van der Waals surface area contributed by atoms with Crippen LogP contribution in [0.5, 0.6) is 0 Å². The van der Waals surface area contributed by atoms with E-state index in [1.165, 1.54) is 12.1 Å². The molecule has 1 saturated heterocycles. The standard InChI is InChI=1S/C18H26FN3O2/c1-11(2)9-17(23)21-16-6-5-14(10-15(16)19)18(24)22-8-7-20-12(3)13(22)4/h5-6,10-13,20H,7-9H2,1-4H3,(H,21,23). The summed E-state index contributed by atoms with van der Waals surface area (Å²) < 4.78 is 14.3. The molecule has 0 spiro atoms. The van der Waals surface area contributed by atoms with Crippen LogP contribution in [0.4, 0.5) is 10.1 Å². The normalized spacial score (nSPS) is 21.0. The predicted octanol–water partition coefficient (Wildman–Crippen LogP) is 2.63. The maximum absolute atomic E-state index is 14.3. The second-order valence-electron chi connectivity index (χ2n) is 6.82. The van der Waals surface area contributed by atoms with Crippen molar-refractivity contribution in [2.75, 3.05) is 18.4 Å². The van der Waals surface area contributed by atoms with Gasteiger partial charge in [-0.15, -0.1) is 0 Å². The highest BCUT2D eigenvalue weighted by molar-refractivity contribution is 5.96. The summed E-state index contributed by atoms with van der Waals surface area (Å²) in [6.45, 7) is 9.17. The van der Waals surface area contributed by atoms with E-state index in [0.717, 1.165) is 6.54 Å². The summed E-state index contributed by atoms with van der Waals surface area (Å²) in [5.41, 5.74) is 0.411. The van der Waals surface area contributed by atoms with Crippen molar-refractivity contribution in [3.8, 4) is 0 Å². The maximum atomic E-state index is 14.3. The molecule has 132 valence electrons. The number of carbonyl (C=O) groups excluding carboxylic acids is 2. The van der Waals surface area contributed by atoms with Crippen molar-refractivity contribution in [3.05, 3.63) is 29.6 Å². The fraction of sp³-hybridized carbons (Fsp3) is 0.556. The first-order valence-electron chi connectivity index (χ1n) is 8.43. The summed E-state index contributed by atoms with van der Waals surface area (Å²) in [5, 5.41) is 5.86. The highest BCUT2D eigenvalue weighted by Crippen LogP contribution is 2.20. The molecule has 24 heavy (non-hydrogen) atoms. The van der Waals surface area contributed by atoms with E-state index in [4.69, 9.17) is 0 Å². The summed E-state index contributed by atoms with van der Waals surface area (Å²) in [6.07, 6.45) is 0.330. The van der Waals surface area contributed by atoms with Gasteiger partial charge in [0.05, 0.1) is 5.69 Å². The summed E-state index contributed by atoms with van der Waals surface area (Å²) >= 11 is 0. The van der Waals surface area contributed by atoms with Crippen molar-refractivity contribution >= 4 is 17.5 Å². The number of benzene rings is 1. The van der Waals surface area contributed by atoms with E-state index in [9.17, 15) is 14.0 Å². The number of anilines is 1. The van der Waals surface area contributed by atoms with Crippen molar-refractivity contribution in [2.45, 2.75) is 46.2 Å². The first kappa shape index (κ1) is 18.4. The Hall–Kier alpha value is -1.95. The molecule has 2 atom stereocenters. The van der Waals surface area contributed by atoms with Gasteiger partial charge < -0.3 is 15.5 Å². The Bertz CT molecular complexity index is 618. The second kappa shape index (κ2) is 7.75. The van der Waals surface area contributed by atoms with E-state index >= 15 is 0 Å². The van der Waals surface area contributed by atoms with E-state index in [1.807, 2.05) is 27.7 Å². The molecule has 2 amide bonds. The predicted molar refractivity (Wildman–Crippen MR) is 92.4 cm³/mol. The average molecular weight is 335 g/mol. The Labute approximate surface area is 142 Å². The Morgan fingerprint density at radius 1 is 1.38 bits per heavy atom. The summed E-state index contributed by atoms with van der Waals surface area (Å²) in [5.74, 6) is -0.804. The van der Waals surface area contributed by atoms with E-state index in [0.29, 0.717) is 18.5 Å². The molecule has 0 aliphatic carbocycles. The molecule has 2 N–H and O–H groups in total. The van der Waals surface area contributed by atoms with E-state index in [2.05, 4.69) is 10.6 Å². The first-order valence-corrected chi connectivity index (χ1v) is 8.43. The highest BCUT2D eigenvalue weighted by Gasteiger charge is 2.29. The van der Waals surface area contributed by atoms with Crippen LogP contribution in [0.3, 0.4) is 0 Å². The number of carbonyl (C=O) groups is 2. The summed E-state index contributed by atoms with van der Waals surface area (Å²) in [6, 6.07) is 4.46. The largest absolute Gasteiger partial charge is 0.333 e. The van der Waals surface area contributed by atoms with Gasteiger partial charge in [0.1, 0.15) is 5.82 Å². The Balaban J connectivity index is 2.11. The monoisotopic (exact) mass is 335 g/mol. The van der Waals surface area contributed by atoms with Gasteiger partial charge >= 0.3 is 0 Å². The van der Waals surface area contributed by atoms with Crippen LogP contribution in [0.2, 0.25) is 0 Å². The number of hydrogen-bond donors (Lipinski definition) is 2. The van der Waals surface area contributed by atoms with Crippen LogP contribution >= 0.6 is 0 Å². The molecular formula is C18H26FN3O2. The lowest BCUT2D eigenvalue weighted by atomic mass is 10.0. The number of nitrogens with zero attached hydrogens (tertiary/aromatic N) is 1. The maximum Gasteiger partial charge on any atom is 0.254 e. The average Bonchev–Trinajstić information content (AvgIpc) is 2.50. The van der Waals surface area contributed by atoms with Gasteiger partial charge in [0.2, 0.25) is 5.91 Å². The van der Waals surface area contributed by atoms with Gasteiger partial charge in [0.15, 0.2) is 0 Å². The number of hydrogen-bond acceptors (Lipinski definition) is 3. The number of rotatable bonds is 4. The van der Waals surface area contributed by atoms with E-state index in [-0.39, 0.29) is 35.5 Å². The van der Waals surface area contributed by atoms with Crippen LogP contribution in [0, 0.1) is 11.7 Å². The fourth-order valence-electron chi connectivity index (χ4n) is 2.83. The van der Waals surface area contributed by atoms with Crippen LogP contribution in [-0.2, 0) is 4.79 Å².